The van der Waals surface area contributed by atoms with Crippen LogP contribution < -0.4 is 0 Å². The summed E-state index contributed by atoms with van der Waals surface area (Å²) < 4.78 is 7.34. The predicted octanol–water partition coefficient (Wildman–Crippen LogP) is 1.36. The first-order chi connectivity index (χ1) is 10.8. The van der Waals surface area contributed by atoms with Crippen LogP contribution in [0.1, 0.15) is 27.2 Å². The Balaban J connectivity index is 1.69. The van der Waals surface area contributed by atoms with E-state index in [-0.39, 0.29) is 11.9 Å². The van der Waals surface area contributed by atoms with E-state index in [0.29, 0.717) is 45.7 Å². The highest BCUT2D eigenvalue weighted by atomic mass is 16.6. The fraction of sp³-hybridized carbons (Fsp3) is 0.647. The van der Waals surface area contributed by atoms with E-state index in [2.05, 4.69) is 0 Å². The van der Waals surface area contributed by atoms with E-state index in [0.717, 1.165) is 0 Å². The van der Waals surface area contributed by atoms with Gasteiger partial charge in [-0.05, 0) is 32.9 Å². The number of ether oxygens (including phenoxy) is 1. The van der Waals surface area contributed by atoms with E-state index < -0.39 is 5.60 Å². The Kier molecular flexibility index (Phi) is 5.82. The third-order valence-corrected chi connectivity index (χ3v) is 3.75. The fourth-order valence-electron chi connectivity index (χ4n) is 2.61. The molecule has 1 aromatic rings. The van der Waals surface area contributed by atoms with Crippen LogP contribution in [0.2, 0.25) is 0 Å². The van der Waals surface area contributed by atoms with E-state index >= 15 is 0 Å². The van der Waals surface area contributed by atoms with Crippen LogP contribution in [0.25, 0.3) is 0 Å². The maximum Gasteiger partial charge on any atom is 0.320 e. The Bertz CT molecular complexity index is 512. The van der Waals surface area contributed by atoms with Gasteiger partial charge in [-0.1, -0.05) is 0 Å². The summed E-state index contributed by atoms with van der Waals surface area (Å²) in [4.78, 5) is 28.0. The summed E-state index contributed by atoms with van der Waals surface area (Å²) in [5, 5.41) is 0. The molecule has 0 bridgehead atoms. The summed E-state index contributed by atoms with van der Waals surface area (Å²) in [6.45, 7) is 9.39. The zero-order valence-electron chi connectivity index (χ0n) is 14.3. The van der Waals surface area contributed by atoms with E-state index in [9.17, 15) is 9.59 Å². The molecule has 0 unspecified atom stereocenters. The molecule has 1 saturated heterocycles. The first kappa shape index (κ1) is 17.5. The van der Waals surface area contributed by atoms with Crippen molar-refractivity contribution >= 4 is 11.9 Å². The minimum atomic E-state index is -0.451. The van der Waals surface area contributed by atoms with Crippen LogP contribution in [-0.4, -0.2) is 64.6 Å². The smallest absolute Gasteiger partial charge is 0.320 e. The van der Waals surface area contributed by atoms with Crippen molar-refractivity contribution in [2.45, 2.75) is 39.3 Å². The van der Waals surface area contributed by atoms with Crippen molar-refractivity contribution in [3.63, 3.8) is 0 Å². The van der Waals surface area contributed by atoms with E-state index in [1.54, 1.807) is 0 Å². The van der Waals surface area contributed by atoms with Gasteiger partial charge in [0.15, 0.2) is 0 Å². The normalized spacial score (nSPS) is 16.4. The summed E-state index contributed by atoms with van der Waals surface area (Å²) in [5.74, 6) is -0.0273. The van der Waals surface area contributed by atoms with Crippen molar-refractivity contribution in [2.24, 2.45) is 0 Å². The number of amides is 1. The highest BCUT2D eigenvalue weighted by molar-refractivity contribution is 5.76. The summed E-state index contributed by atoms with van der Waals surface area (Å²) >= 11 is 0. The molecule has 0 radical (unpaired) electrons. The summed E-state index contributed by atoms with van der Waals surface area (Å²) in [7, 11) is 0. The molecule has 0 atom stereocenters. The molecule has 1 amide bonds. The monoisotopic (exact) mass is 321 g/mol. The van der Waals surface area contributed by atoms with Gasteiger partial charge in [0.1, 0.15) is 5.60 Å². The van der Waals surface area contributed by atoms with Crippen molar-refractivity contribution in [3.8, 4) is 0 Å². The van der Waals surface area contributed by atoms with Gasteiger partial charge in [0.05, 0.1) is 6.54 Å². The second-order valence-corrected chi connectivity index (χ2v) is 6.91. The number of aromatic nitrogens is 1. The Morgan fingerprint density at radius 3 is 2.22 bits per heavy atom. The molecule has 2 rings (SSSR count). The number of piperazine rings is 1. The molecule has 1 aromatic heterocycles. The minimum Gasteiger partial charge on any atom is -0.459 e. The minimum absolute atomic E-state index is 0.176. The van der Waals surface area contributed by atoms with E-state index in [1.165, 1.54) is 0 Å². The molecule has 6 nitrogen and oxygen atoms in total. The first-order valence-corrected chi connectivity index (χ1v) is 8.16. The van der Waals surface area contributed by atoms with Crippen LogP contribution in [0, 0.1) is 0 Å². The lowest BCUT2D eigenvalue weighted by Crippen LogP contribution is -2.50. The third kappa shape index (κ3) is 6.06. The van der Waals surface area contributed by atoms with Gasteiger partial charge in [-0.15, -0.1) is 0 Å². The van der Waals surface area contributed by atoms with Crippen LogP contribution >= 0.6 is 0 Å². The lowest BCUT2D eigenvalue weighted by atomic mass is 10.2. The third-order valence-electron chi connectivity index (χ3n) is 3.75. The average molecular weight is 321 g/mol. The van der Waals surface area contributed by atoms with Gasteiger partial charge in [-0.2, -0.15) is 0 Å². The van der Waals surface area contributed by atoms with Gasteiger partial charge in [0.25, 0.3) is 0 Å². The highest BCUT2D eigenvalue weighted by Gasteiger charge is 2.24. The largest absolute Gasteiger partial charge is 0.459 e. The van der Waals surface area contributed by atoms with Gasteiger partial charge in [-0.25, -0.2) is 0 Å². The molecule has 0 N–H and O–H groups in total. The second-order valence-electron chi connectivity index (χ2n) is 6.91. The Labute approximate surface area is 138 Å². The summed E-state index contributed by atoms with van der Waals surface area (Å²) in [6.07, 6.45) is 4.44. The number of hydrogen-bond donors (Lipinski definition) is 0. The standard InChI is InChI=1S/C17H27N3O3/c1-17(2,3)23-16(22)14-19-10-12-20(13-11-19)15(21)6-9-18-7-4-5-8-18/h4-5,7-8H,6,9-14H2,1-3H3. The molecule has 0 spiro atoms. The van der Waals surface area contributed by atoms with Crippen LogP contribution in [0.3, 0.4) is 0 Å². The molecule has 1 aliphatic rings. The molecule has 0 aromatic carbocycles. The number of hydrogen-bond acceptors (Lipinski definition) is 4. The zero-order valence-corrected chi connectivity index (χ0v) is 14.3. The van der Waals surface area contributed by atoms with E-state index in [4.69, 9.17) is 4.74 Å². The number of carbonyl (C=O) groups is 2. The maximum absolute atomic E-state index is 12.2. The van der Waals surface area contributed by atoms with Crippen LogP contribution in [-0.2, 0) is 20.9 Å². The van der Waals surface area contributed by atoms with E-state index in [1.807, 2.05) is 59.7 Å². The lowest BCUT2D eigenvalue weighted by Gasteiger charge is -2.34. The van der Waals surface area contributed by atoms with Crippen molar-refractivity contribution in [1.82, 2.24) is 14.4 Å². The van der Waals surface area contributed by atoms with Crippen LogP contribution in [0.4, 0.5) is 0 Å². The van der Waals surface area contributed by atoms with Gasteiger partial charge >= 0.3 is 5.97 Å². The molecule has 2 heterocycles. The Morgan fingerprint density at radius 1 is 1.04 bits per heavy atom. The summed E-state index contributed by atoms with van der Waals surface area (Å²) in [5.41, 5.74) is -0.451. The molecule has 0 aliphatic carbocycles. The highest BCUT2D eigenvalue weighted by Crippen LogP contribution is 2.09. The van der Waals surface area contributed by atoms with Crippen molar-refractivity contribution < 1.29 is 14.3 Å². The molecule has 128 valence electrons. The first-order valence-electron chi connectivity index (χ1n) is 8.16. The average Bonchev–Trinajstić information content (AvgIpc) is 2.96. The lowest BCUT2D eigenvalue weighted by molar-refractivity contribution is -0.156. The molecular weight excluding hydrogens is 294 g/mol. The number of carbonyl (C=O) groups excluding carboxylic acids is 2. The molecular formula is C17H27N3O3. The molecule has 1 fully saturated rings. The van der Waals surface area contributed by atoms with Gasteiger partial charge in [0, 0.05) is 51.5 Å². The quantitative estimate of drug-likeness (QED) is 0.769. The summed E-state index contributed by atoms with van der Waals surface area (Å²) in [6, 6.07) is 3.92. The second kappa shape index (κ2) is 7.64. The molecule has 0 saturated carbocycles. The molecule has 23 heavy (non-hydrogen) atoms. The number of esters is 1. The Hall–Kier alpha value is -1.82. The maximum atomic E-state index is 12.2. The zero-order chi connectivity index (χ0) is 16.9. The van der Waals surface area contributed by atoms with Crippen LogP contribution in [0.15, 0.2) is 24.5 Å². The van der Waals surface area contributed by atoms with Crippen LogP contribution in [0.5, 0.6) is 0 Å². The van der Waals surface area contributed by atoms with Crippen molar-refractivity contribution in [2.75, 3.05) is 32.7 Å². The molecule has 6 heteroatoms. The topological polar surface area (TPSA) is 54.8 Å². The van der Waals surface area contributed by atoms with Crippen molar-refractivity contribution in [1.29, 1.82) is 0 Å². The fourth-order valence-corrected chi connectivity index (χ4v) is 2.61. The number of aryl methyl sites for hydroxylation is 1. The van der Waals surface area contributed by atoms with Gasteiger partial charge in [-0.3, -0.25) is 14.5 Å². The van der Waals surface area contributed by atoms with Crippen molar-refractivity contribution in [3.05, 3.63) is 24.5 Å². The Morgan fingerprint density at radius 2 is 1.65 bits per heavy atom. The number of nitrogens with zero attached hydrogens (tertiary/aromatic N) is 3. The number of rotatable bonds is 5. The van der Waals surface area contributed by atoms with Gasteiger partial charge in [0.2, 0.25) is 5.91 Å². The SMILES string of the molecule is CC(C)(C)OC(=O)CN1CCN(C(=O)CCn2cccc2)CC1. The molecule has 1 aliphatic heterocycles. The predicted molar refractivity (Wildman–Crippen MR) is 87.9 cm³/mol. The van der Waals surface area contributed by atoms with Gasteiger partial charge < -0.3 is 14.2 Å².